The molecule has 0 heterocycles. The molecule has 3 aliphatic rings. The van der Waals surface area contributed by atoms with Crippen LogP contribution in [0.4, 0.5) is 0 Å². The molecule has 0 aliphatic heterocycles. The summed E-state index contributed by atoms with van der Waals surface area (Å²) in [5, 5.41) is 20.3. The maximum Gasteiger partial charge on any atom is 0.0785 e. The van der Waals surface area contributed by atoms with E-state index in [1.807, 2.05) is 13.8 Å². The van der Waals surface area contributed by atoms with E-state index in [-0.39, 0.29) is 6.10 Å². The molecule has 0 aromatic rings. The Balaban J connectivity index is 1.69. The first-order valence-corrected chi connectivity index (χ1v) is 12.5. The molecular weight excluding hydrogens is 368 g/mol. The molecule has 170 valence electrons. The molecule has 2 heteroatoms. The summed E-state index contributed by atoms with van der Waals surface area (Å²) >= 11 is 0. The van der Waals surface area contributed by atoms with E-state index >= 15 is 0 Å². The van der Waals surface area contributed by atoms with Crippen LogP contribution in [0.25, 0.3) is 0 Å². The zero-order valence-electron chi connectivity index (χ0n) is 20.2. The van der Waals surface area contributed by atoms with E-state index in [0.717, 1.165) is 49.0 Å². The lowest BCUT2D eigenvalue weighted by Crippen LogP contribution is -2.36. The van der Waals surface area contributed by atoms with E-state index in [1.165, 1.54) is 44.1 Å². The molecule has 30 heavy (non-hydrogen) atoms. The summed E-state index contributed by atoms with van der Waals surface area (Å²) in [4.78, 5) is 0. The molecular formula is C28H46O2. The van der Waals surface area contributed by atoms with Crippen LogP contribution >= 0.6 is 0 Å². The molecule has 0 bridgehead atoms. The van der Waals surface area contributed by atoms with Gasteiger partial charge in [0.05, 0.1) is 11.7 Å². The molecule has 0 aromatic carbocycles. The van der Waals surface area contributed by atoms with Crippen molar-refractivity contribution in [3.8, 4) is 0 Å². The molecule has 0 aromatic heterocycles. The van der Waals surface area contributed by atoms with Gasteiger partial charge in [-0.15, -0.1) is 0 Å². The fraction of sp³-hybridized carbons (Fsp3) is 0.786. The van der Waals surface area contributed by atoms with Crippen LogP contribution in [0.2, 0.25) is 0 Å². The number of hydrogen-bond acceptors (Lipinski definition) is 2. The van der Waals surface area contributed by atoms with Crippen molar-refractivity contribution < 1.29 is 10.2 Å². The Morgan fingerprint density at radius 3 is 2.60 bits per heavy atom. The van der Waals surface area contributed by atoms with Gasteiger partial charge < -0.3 is 10.2 Å². The number of fused-ring (bicyclic) bond motifs is 1. The Morgan fingerprint density at radius 2 is 1.90 bits per heavy atom. The smallest absolute Gasteiger partial charge is 0.0785 e. The number of aliphatic hydroxyl groups is 2. The number of allylic oxidation sites excluding steroid dienone is 3. The topological polar surface area (TPSA) is 40.5 Å². The van der Waals surface area contributed by atoms with Crippen LogP contribution in [-0.4, -0.2) is 21.9 Å². The monoisotopic (exact) mass is 414 g/mol. The Labute approximate surface area is 185 Å². The normalized spacial score (nSPS) is 38.8. The second kappa shape index (κ2) is 9.33. The first kappa shape index (κ1) is 23.8. The van der Waals surface area contributed by atoms with Crippen molar-refractivity contribution in [3.05, 3.63) is 35.5 Å². The molecule has 6 atom stereocenters. The van der Waals surface area contributed by atoms with E-state index in [9.17, 15) is 10.2 Å². The lowest BCUT2D eigenvalue weighted by Gasteiger charge is -2.44. The van der Waals surface area contributed by atoms with Crippen LogP contribution in [0.1, 0.15) is 98.8 Å². The number of hydrogen-bond donors (Lipinski definition) is 2. The average molecular weight is 415 g/mol. The van der Waals surface area contributed by atoms with Crippen LogP contribution in [-0.2, 0) is 0 Å². The van der Waals surface area contributed by atoms with Crippen molar-refractivity contribution in [1.29, 1.82) is 0 Å². The van der Waals surface area contributed by atoms with E-state index in [2.05, 4.69) is 39.5 Å². The van der Waals surface area contributed by atoms with Crippen molar-refractivity contribution in [3.63, 3.8) is 0 Å². The van der Waals surface area contributed by atoms with Crippen molar-refractivity contribution in [2.45, 2.75) is 111 Å². The van der Waals surface area contributed by atoms with Gasteiger partial charge in [-0.3, -0.25) is 0 Å². The molecule has 1 unspecified atom stereocenters. The molecule has 0 saturated heterocycles. The highest BCUT2D eigenvalue weighted by molar-refractivity contribution is 5.29. The van der Waals surface area contributed by atoms with Crippen molar-refractivity contribution in [2.24, 2.45) is 29.1 Å². The summed E-state index contributed by atoms with van der Waals surface area (Å²) in [5.74, 6) is 2.77. The molecule has 0 radical (unpaired) electrons. The first-order chi connectivity index (χ1) is 14.0. The summed E-state index contributed by atoms with van der Waals surface area (Å²) in [5.41, 5.74) is 3.95. The summed E-state index contributed by atoms with van der Waals surface area (Å²) in [6.45, 7) is 15.2. The lowest BCUT2D eigenvalue weighted by atomic mass is 9.60. The summed E-state index contributed by atoms with van der Waals surface area (Å²) in [7, 11) is 0. The van der Waals surface area contributed by atoms with E-state index in [1.54, 1.807) is 5.57 Å². The summed E-state index contributed by atoms with van der Waals surface area (Å²) in [6.07, 6.45) is 16.0. The molecule has 2 nitrogen and oxygen atoms in total. The zero-order chi connectivity index (χ0) is 22.1. The first-order valence-electron chi connectivity index (χ1n) is 12.5. The highest BCUT2D eigenvalue weighted by Crippen LogP contribution is 2.60. The van der Waals surface area contributed by atoms with Gasteiger partial charge in [-0.05, 0) is 99.9 Å². The van der Waals surface area contributed by atoms with Crippen LogP contribution < -0.4 is 0 Å². The van der Waals surface area contributed by atoms with Crippen LogP contribution in [0, 0.1) is 29.1 Å². The molecule has 3 fully saturated rings. The minimum Gasteiger partial charge on any atom is -0.390 e. The van der Waals surface area contributed by atoms with Gasteiger partial charge in [0.2, 0.25) is 0 Å². The standard InChI is InChI=1S/C28H46O2/c1-19(9-7-15-27(4,5)30)24-13-14-25-22(10-8-16-28(24,25)6)11-12-23-18-26(29)21(3)17-20(23)2/h11-12,19-20,24-26,29-30H,3,7-10,13-18H2,1-2,4-6H3/b22-11+,23-12-/t19-,20?,24-,25+,26-,28-/m1/s1. The van der Waals surface area contributed by atoms with Gasteiger partial charge in [-0.2, -0.15) is 0 Å². The molecule has 3 saturated carbocycles. The van der Waals surface area contributed by atoms with Gasteiger partial charge in [0.15, 0.2) is 0 Å². The number of aliphatic hydroxyl groups excluding tert-OH is 1. The SMILES string of the molecule is C=C1CC(C)/C(=C\C=C2/CCC[C@]3(C)[C@@H]([C@H](C)CCCC(C)(C)O)CC[C@@H]23)C[C@H]1O. The predicted octanol–water partition coefficient (Wildman–Crippen LogP) is 6.98. The van der Waals surface area contributed by atoms with Gasteiger partial charge in [-0.1, -0.05) is 63.5 Å². The van der Waals surface area contributed by atoms with Crippen LogP contribution in [0.3, 0.4) is 0 Å². The van der Waals surface area contributed by atoms with Gasteiger partial charge in [0.25, 0.3) is 0 Å². The Kier molecular flexibility index (Phi) is 7.40. The molecule has 2 N–H and O–H groups in total. The lowest BCUT2D eigenvalue weighted by molar-refractivity contribution is 0.0596. The van der Waals surface area contributed by atoms with Gasteiger partial charge in [-0.25, -0.2) is 0 Å². The van der Waals surface area contributed by atoms with E-state index in [0.29, 0.717) is 11.3 Å². The fourth-order valence-corrected chi connectivity index (χ4v) is 6.95. The predicted molar refractivity (Wildman–Crippen MR) is 127 cm³/mol. The van der Waals surface area contributed by atoms with Crippen molar-refractivity contribution >= 4 is 0 Å². The van der Waals surface area contributed by atoms with Gasteiger partial charge in [0, 0.05) is 0 Å². The maximum absolute atomic E-state index is 10.2. The Morgan fingerprint density at radius 1 is 1.20 bits per heavy atom. The quantitative estimate of drug-likeness (QED) is 0.460. The van der Waals surface area contributed by atoms with Crippen molar-refractivity contribution in [1.82, 2.24) is 0 Å². The summed E-state index contributed by atoms with van der Waals surface area (Å²) < 4.78 is 0. The second-order valence-corrected chi connectivity index (χ2v) is 11.7. The Hall–Kier alpha value is -0.860. The summed E-state index contributed by atoms with van der Waals surface area (Å²) in [6, 6.07) is 0. The van der Waals surface area contributed by atoms with E-state index < -0.39 is 5.60 Å². The van der Waals surface area contributed by atoms with Gasteiger partial charge >= 0.3 is 0 Å². The minimum atomic E-state index is -0.535. The highest BCUT2D eigenvalue weighted by atomic mass is 16.3. The van der Waals surface area contributed by atoms with E-state index in [4.69, 9.17) is 0 Å². The van der Waals surface area contributed by atoms with Crippen molar-refractivity contribution in [2.75, 3.05) is 0 Å². The van der Waals surface area contributed by atoms with Gasteiger partial charge in [0.1, 0.15) is 0 Å². The number of rotatable bonds is 6. The minimum absolute atomic E-state index is 0.358. The highest BCUT2D eigenvalue weighted by Gasteiger charge is 2.50. The Bertz CT molecular complexity index is 679. The largest absolute Gasteiger partial charge is 0.390 e. The maximum atomic E-state index is 10.2. The molecule has 3 rings (SSSR count). The third-order valence-corrected chi connectivity index (χ3v) is 8.79. The second-order valence-electron chi connectivity index (χ2n) is 11.7. The zero-order valence-corrected chi connectivity index (χ0v) is 20.2. The average Bonchev–Trinajstić information content (AvgIpc) is 3.00. The van der Waals surface area contributed by atoms with Crippen LogP contribution in [0.15, 0.2) is 35.5 Å². The molecule has 3 aliphatic carbocycles. The molecule has 0 amide bonds. The molecule has 0 spiro atoms. The van der Waals surface area contributed by atoms with Crippen LogP contribution in [0.5, 0.6) is 0 Å². The third-order valence-electron chi connectivity index (χ3n) is 8.79. The fourth-order valence-electron chi connectivity index (χ4n) is 6.95. The third kappa shape index (κ3) is 5.30.